The van der Waals surface area contributed by atoms with Crippen molar-refractivity contribution in [2.75, 3.05) is 13.1 Å². The molecule has 3 heterocycles. The minimum Gasteiger partial charge on any atom is -0.341 e. The topological polar surface area (TPSA) is 68.8 Å². The van der Waals surface area contributed by atoms with Crippen LogP contribution in [0.3, 0.4) is 0 Å². The van der Waals surface area contributed by atoms with E-state index in [0.29, 0.717) is 12.3 Å². The molecule has 2 aliphatic rings. The first-order chi connectivity index (χ1) is 13.4. The fourth-order valence-corrected chi connectivity index (χ4v) is 5.17. The lowest BCUT2D eigenvalue weighted by Gasteiger charge is -2.42. The van der Waals surface area contributed by atoms with Crippen molar-refractivity contribution in [1.82, 2.24) is 29.4 Å². The number of hydrogen-bond acceptors (Lipinski definition) is 4. The van der Waals surface area contributed by atoms with Crippen LogP contribution < -0.4 is 0 Å². The summed E-state index contributed by atoms with van der Waals surface area (Å²) in [6.45, 7) is 8.89. The van der Waals surface area contributed by atoms with Gasteiger partial charge in [0.2, 0.25) is 5.91 Å². The van der Waals surface area contributed by atoms with E-state index in [9.17, 15) is 4.79 Å². The molecule has 2 aromatic rings. The van der Waals surface area contributed by atoms with Crippen LogP contribution in [0.15, 0.2) is 6.33 Å². The van der Waals surface area contributed by atoms with Gasteiger partial charge in [-0.25, -0.2) is 0 Å². The minimum atomic E-state index is 0.217. The van der Waals surface area contributed by atoms with Gasteiger partial charge in [0.1, 0.15) is 12.2 Å². The lowest BCUT2D eigenvalue weighted by Crippen LogP contribution is -2.38. The Hall–Kier alpha value is -2.18. The summed E-state index contributed by atoms with van der Waals surface area (Å²) in [5, 5.41) is 13.1. The van der Waals surface area contributed by atoms with Gasteiger partial charge in [-0.1, -0.05) is 13.3 Å². The van der Waals surface area contributed by atoms with E-state index < -0.39 is 0 Å². The highest BCUT2D eigenvalue weighted by molar-refractivity contribution is 5.77. The van der Waals surface area contributed by atoms with E-state index in [4.69, 9.17) is 0 Å². The van der Waals surface area contributed by atoms with Crippen molar-refractivity contribution in [3.8, 4) is 0 Å². The third-order valence-electron chi connectivity index (χ3n) is 7.02. The number of carbonyl (C=O) groups excluding carboxylic acids is 1. The highest BCUT2D eigenvalue weighted by Crippen LogP contribution is 2.55. The summed E-state index contributed by atoms with van der Waals surface area (Å²) in [7, 11) is 1.96. The Balaban J connectivity index is 1.47. The molecule has 7 heteroatoms. The molecule has 2 fully saturated rings. The Morgan fingerprint density at radius 2 is 2.11 bits per heavy atom. The molecule has 0 radical (unpaired) electrons. The van der Waals surface area contributed by atoms with Gasteiger partial charge in [-0.2, -0.15) is 5.10 Å². The molecule has 0 bridgehead atoms. The Bertz CT molecular complexity index is 862. The van der Waals surface area contributed by atoms with Crippen molar-refractivity contribution in [2.45, 2.75) is 71.8 Å². The second-order valence-corrected chi connectivity index (χ2v) is 8.70. The normalized spacial score (nSPS) is 20.7. The molecule has 7 nitrogen and oxygen atoms in total. The first-order valence-electron chi connectivity index (χ1n) is 10.6. The van der Waals surface area contributed by atoms with Crippen molar-refractivity contribution in [2.24, 2.45) is 12.5 Å². The fraction of sp³-hybridized carbons (Fsp3) is 0.714. The molecular formula is C21H32N6O. The molecule has 2 aromatic heterocycles. The van der Waals surface area contributed by atoms with E-state index in [2.05, 4.69) is 38.6 Å². The Kier molecular flexibility index (Phi) is 5.02. The van der Waals surface area contributed by atoms with E-state index in [1.54, 1.807) is 0 Å². The minimum absolute atomic E-state index is 0.217. The number of aryl methyl sites for hydroxylation is 3. The third-order valence-corrected chi connectivity index (χ3v) is 7.02. The quantitative estimate of drug-likeness (QED) is 0.768. The van der Waals surface area contributed by atoms with E-state index in [1.165, 1.54) is 24.8 Å². The van der Waals surface area contributed by atoms with E-state index in [1.807, 2.05) is 25.0 Å². The van der Waals surface area contributed by atoms with Gasteiger partial charge >= 0.3 is 0 Å². The number of carbonyl (C=O) groups is 1. The van der Waals surface area contributed by atoms with Crippen molar-refractivity contribution >= 4 is 5.91 Å². The van der Waals surface area contributed by atoms with Crippen LogP contribution in [-0.2, 0) is 24.8 Å². The summed E-state index contributed by atoms with van der Waals surface area (Å²) in [5.74, 6) is 1.66. The van der Waals surface area contributed by atoms with Crippen molar-refractivity contribution < 1.29 is 4.79 Å². The average Bonchev–Trinajstić information content (AvgIpc) is 3.30. The van der Waals surface area contributed by atoms with E-state index in [0.717, 1.165) is 49.7 Å². The van der Waals surface area contributed by atoms with Crippen molar-refractivity contribution in [1.29, 1.82) is 0 Å². The molecule has 152 valence electrons. The van der Waals surface area contributed by atoms with Crippen LogP contribution >= 0.6 is 0 Å². The summed E-state index contributed by atoms with van der Waals surface area (Å²) >= 11 is 0. The van der Waals surface area contributed by atoms with Gasteiger partial charge in [-0.05, 0) is 50.5 Å². The molecule has 28 heavy (non-hydrogen) atoms. The number of hydrogen-bond donors (Lipinski definition) is 0. The first-order valence-corrected chi connectivity index (χ1v) is 10.6. The van der Waals surface area contributed by atoms with Gasteiger partial charge in [-0.3, -0.25) is 9.48 Å². The van der Waals surface area contributed by atoms with Gasteiger partial charge in [-0.15, -0.1) is 10.2 Å². The maximum Gasteiger partial charge on any atom is 0.222 e. The zero-order chi connectivity index (χ0) is 19.9. The largest absolute Gasteiger partial charge is 0.341 e. The van der Waals surface area contributed by atoms with Crippen LogP contribution in [0.5, 0.6) is 0 Å². The molecule has 1 amide bonds. The predicted molar refractivity (Wildman–Crippen MR) is 107 cm³/mol. The number of aromatic nitrogens is 5. The van der Waals surface area contributed by atoms with E-state index >= 15 is 0 Å². The monoisotopic (exact) mass is 384 g/mol. The number of likely N-dealkylation sites (tertiary alicyclic amines) is 1. The summed E-state index contributed by atoms with van der Waals surface area (Å²) in [4.78, 5) is 15.2. The lowest BCUT2D eigenvalue weighted by atomic mass is 9.62. The molecule has 1 aliphatic carbocycles. The Morgan fingerprint density at radius 1 is 1.32 bits per heavy atom. The highest BCUT2D eigenvalue weighted by Gasteiger charge is 2.53. The van der Waals surface area contributed by atoms with Crippen LogP contribution in [0, 0.1) is 19.3 Å². The third kappa shape index (κ3) is 3.14. The second kappa shape index (κ2) is 7.33. The van der Waals surface area contributed by atoms with Gasteiger partial charge in [0.25, 0.3) is 0 Å². The maximum atomic E-state index is 13.1. The Morgan fingerprint density at radius 3 is 2.71 bits per heavy atom. The molecule has 0 N–H and O–H groups in total. The molecule has 1 aliphatic heterocycles. The SMILES string of the molecule is CCCn1cnnc1C1CN(C(=O)CCc2c(C)nn(C)c2C)CC12CCC2. The molecule has 1 atom stereocenters. The summed E-state index contributed by atoms with van der Waals surface area (Å²) in [5.41, 5.74) is 3.63. The fourth-order valence-electron chi connectivity index (χ4n) is 5.17. The molecule has 4 rings (SSSR count). The van der Waals surface area contributed by atoms with Gasteiger partial charge < -0.3 is 9.47 Å². The summed E-state index contributed by atoms with van der Waals surface area (Å²) < 4.78 is 4.10. The molecule has 1 saturated carbocycles. The molecule has 1 spiro atoms. The van der Waals surface area contributed by atoms with Crippen LogP contribution in [0.25, 0.3) is 0 Å². The smallest absolute Gasteiger partial charge is 0.222 e. The summed E-state index contributed by atoms with van der Waals surface area (Å²) in [6.07, 6.45) is 7.89. The van der Waals surface area contributed by atoms with Gasteiger partial charge in [0, 0.05) is 44.7 Å². The number of rotatable bonds is 6. The maximum absolute atomic E-state index is 13.1. The van der Waals surface area contributed by atoms with Crippen LogP contribution in [0.4, 0.5) is 0 Å². The number of amides is 1. The average molecular weight is 385 g/mol. The van der Waals surface area contributed by atoms with E-state index in [-0.39, 0.29) is 11.3 Å². The molecule has 1 unspecified atom stereocenters. The first kappa shape index (κ1) is 19.2. The zero-order valence-electron chi connectivity index (χ0n) is 17.6. The van der Waals surface area contributed by atoms with Gasteiger partial charge in [0.05, 0.1) is 5.69 Å². The van der Waals surface area contributed by atoms with Crippen LogP contribution in [-0.4, -0.2) is 48.4 Å². The van der Waals surface area contributed by atoms with Gasteiger partial charge in [0.15, 0.2) is 0 Å². The summed E-state index contributed by atoms with van der Waals surface area (Å²) in [6, 6.07) is 0. The highest BCUT2D eigenvalue weighted by atomic mass is 16.2. The zero-order valence-corrected chi connectivity index (χ0v) is 17.6. The second-order valence-electron chi connectivity index (χ2n) is 8.70. The number of nitrogens with zero attached hydrogens (tertiary/aromatic N) is 6. The molecule has 0 aromatic carbocycles. The van der Waals surface area contributed by atoms with Crippen molar-refractivity contribution in [3.05, 3.63) is 29.1 Å². The molecular weight excluding hydrogens is 352 g/mol. The lowest BCUT2D eigenvalue weighted by molar-refractivity contribution is -0.130. The Labute approximate surface area is 167 Å². The van der Waals surface area contributed by atoms with Crippen LogP contribution in [0.2, 0.25) is 0 Å². The van der Waals surface area contributed by atoms with Crippen LogP contribution in [0.1, 0.15) is 67.7 Å². The predicted octanol–water partition coefficient (Wildman–Crippen LogP) is 2.77. The standard InChI is InChI=1S/C21H32N6O/c1-5-11-26-14-22-23-20(26)18-12-27(13-21(18)9-6-10-21)19(28)8-7-17-15(2)24-25(4)16(17)3/h14,18H,5-13H2,1-4H3. The molecule has 1 saturated heterocycles. The van der Waals surface area contributed by atoms with Crippen molar-refractivity contribution in [3.63, 3.8) is 0 Å².